The second kappa shape index (κ2) is 5.29. The zero-order valence-corrected chi connectivity index (χ0v) is 11.4. The minimum Gasteiger partial charge on any atom is -0.467 e. The Morgan fingerprint density at radius 3 is 2.90 bits per heavy atom. The van der Waals surface area contributed by atoms with Crippen molar-refractivity contribution in [1.29, 1.82) is 0 Å². The molecule has 0 spiro atoms. The van der Waals surface area contributed by atoms with Gasteiger partial charge in [-0.15, -0.1) is 0 Å². The molecule has 1 amide bonds. The number of hydrogen-bond donors (Lipinski definition) is 0. The largest absolute Gasteiger partial charge is 0.467 e. The van der Waals surface area contributed by atoms with Crippen LogP contribution < -0.4 is 0 Å². The van der Waals surface area contributed by atoms with Gasteiger partial charge < -0.3 is 9.32 Å². The van der Waals surface area contributed by atoms with Crippen LogP contribution in [0.5, 0.6) is 0 Å². The van der Waals surface area contributed by atoms with Gasteiger partial charge in [0.1, 0.15) is 11.6 Å². The highest BCUT2D eigenvalue weighted by molar-refractivity contribution is 6.33. The summed E-state index contributed by atoms with van der Waals surface area (Å²) in [7, 11) is 0. The van der Waals surface area contributed by atoms with Crippen LogP contribution in [0.3, 0.4) is 0 Å². The Kier molecular flexibility index (Phi) is 3.49. The molecule has 1 aromatic carbocycles. The first-order valence-corrected chi connectivity index (χ1v) is 6.84. The number of likely N-dealkylation sites (tertiary alicyclic amines) is 1. The quantitative estimate of drug-likeness (QED) is 0.837. The summed E-state index contributed by atoms with van der Waals surface area (Å²) in [6, 6.07) is 7.73. The Bertz CT molecular complexity index is 607. The highest BCUT2D eigenvalue weighted by atomic mass is 35.5. The van der Waals surface area contributed by atoms with Crippen molar-refractivity contribution in [2.45, 2.75) is 18.9 Å². The lowest BCUT2D eigenvalue weighted by Gasteiger charge is -2.23. The van der Waals surface area contributed by atoms with Gasteiger partial charge in [-0.2, -0.15) is 0 Å². The van der Waals surface area contributed by atoms with E-state index in [9.17, 15) is 9.18 Å². The average molecular weight is 294 g/mol. The van der Waals surface area contributed by atoms with Gasteiger partial charge in [-0.1, -0.05) is 17.7 Å². The maximum atomic E-state index is 13.9. The molecule has 1 saturated heterocycles. The molecular weight excluding hydrogens is 281 g/mol. The zero-order chi connectivity index (χ0) is 14.1. The van der Waals surface area contributed by atoms with Crippen LogP contribution in [0.2, 0.25) is 5.02 Å². The van der Waals surface area contributed by atoms with Gasteiger partial charge in [0.15, 0.2) is 0 Å². The number of hydrogen-bond acceptors (Lipinski definition) is 2. The summed E-state index contributed by atoms with van der Waals surface area (Å²) in [5.41, 5.74) is -0.0624. The van der Waals surface area contributed by atoms with Crippen LogP contribution >= 0.6 is 11.6 Å². The van der Waals surface area contributed by atoms with Crippen molar-refractivity contribution in [2.24, 2.45) is 0 Å². The fourth-order valence-electron chi connectivity index (χ4n) is 2.63. The van der Waals surface area contributed by atoms with Gasteiger partial charge in [-0.05, 0) is 37.1 Å². The maximum absolute atomic E-state index is 13.9. The van der Waals surface area contributed by atoms with E-state index in [4.69, 9.17) is 16.0 Å². The predicted molar refractivity (Wildman–Crippen MR) is 73.1 cm³/mol. The molecule has 1 fully saturated rings. The standard InChI is InChI=1S/C15H13ClFNO2/c16-10-4-1-5-11(17)14(10)15(19)18-8-2-6-12(18)13-7-3-9-20-13/h1,3-5,7,9,12H,2,6,8H2/t12-/m0/s1. The SMILES string of the molecule is O=C(c1c(F)cccc1Cl)N1CCC[C@H]1c1ccco1. The highest BCUT2D eigenvalue weighted by Gasteiger charge is 2.34. The smallest absolute Gasteiger partial charge is 0.258 e. The number of furan rings is 1. The van der Waals surface area contributed by atoms with E-state index in [-0.39, 0.29) is 22.5 Å². The monoisotopic (exact) mass is 293 g/mol. The third-order valence-electron chi connectivity index (χ3n) is 3.56. The van der Waals surface area contributed by atoms with Crippen LogP contribution in [-0.2, 0) is 0 Å². The average Bonchev–Trinajstić information content (AvgIpc) is 3.09. The lowest BCUT2D eigenvalue weighted by atomic mass is 10.1. The van der Waals surface area contributed by atoms with Gasteiger partial charge in [0.25, 0.3) is 5.91 Å². The zero-order valence-electron chi connectivity index (χ0n) is 10.7. The first kappa shape index (κ1) is 13.2. The maximum Gasteiger partial charge on any atom is 0.258 e. The Morgan fingerprint density at radius 2 is 2.20 bits per heavy atom. The number of carbonyl (C=O) groups is 1. The van der Waals surface area contributed by atoms with Gasteiger partial charge in [0.2, 0.25) is 0 Å². The minimum absolute atomic E-state index is 0.0624. The van der Waals surface area contributed by atoms with Crippen molar-refractivity contribution < 1.29 is 13.6 Å². The molecule has 0 saturated carbocycles. The van der Waals surface area contributed by atoms with Crippen molar-refractivity contribution in [3.8, 4) is 0 Å². The molecule has 0 aliphatic carbocycles. The van der Waals surface area contributed by atoms with E-state index in [1.54, 1.807) is 17.2 Å². The number of carbonyl (C=O) groups excluding carboxylic acids is 1. The van der Waals surface area contributed by atoms with Gasteiger partial charge >= 0.3 is 0 Å². The summed E-state index contributed by atoms with van der Waals surface area (Å²) in [5.74, 6) is -0.247. The molecule has 0 bridgehead atoms. The van der Waals surface area contributed by atoms with Crippen LogP contribution in [0.1, 0.15) is 35.0 Å². The van der Waals surface area contributed by atoms with Gasteiger partial charge in [0.05, 0.1) is 22.9 Å². The lowest BCUT2D eigenvalue weighted by molar-refractivity contribution is 0.0715. The minimum atomic E-state index is -0.590. The number of nitrogens with zero attached hydrogens (tertiary/aromatic N) is 1. The molecule has 0 radical (unpaired) electrons. The highest BCUT2D eigenvalue weighted by Crippen LogP contribution is 2.34. The predicted octanol–water partition coefficient (Wildman–Crippen LogP) is 4.05. The van der Waals surface area contributed by atoms with Gasteiger partial charge in [-0.25, -0.2) is 4.39 Å². The number of rotatable bonds is 2. The second-order valence-corrected chi connectivity index (χ2v) is 5.18. The topological polar surface area (TPSA) is 33.5 Å². The number of amides is 1. The summed E-state index contributed by atoms with van der Waals surface area (Å²) < 4.78 is 19.2. The van der Waals surface area contributed by atoms with Crippen LogP contribution in [0.25, 0.3) is 0 Å². The van der Waals surface area contributed by atoms with E-state index in [1.807, 2.05) is 6.07 Å². The molecule has 5 heteroatoms. The summed E-state index contributed by atoms with van der Waals surface area (Å²) in [5, 5.41) is 0.139. The number of halogens is 2. The summed E-state index contributed by atoms with van der Waals surface area (Å²) >= 11 is 5.96. The van der Waals surface area contributed by atoms with Crippen molar-refractivity contribution in [1.82, 2.24) is 4.90 Å². The lowest BCUT2D eigenvalue weighted by Crippen LogP contribution is -2.31. The Labute approximate surface area is 120 Å². The van der Waals surface area contributed by atoms with E-state index in [0.29, 0.717) is 6.54 Å². The molecular formula is C15H13ClFNO2. The molecule has 3 nitrogen and oxygen atoms in total. The molecule has 1 aliphatic rings. The molecule has 1 aromatic heterocycles. The molecule has 1 aliphatic heterocycles. The molecule has 1 atom stereocenters. The van der Waals surface area contributed by atoms with Crippen LogP contribution in [0.4, 0.5) is 4.39 Å². The Morgan fingerprint density at radius 1 is 1.35 bits per heavy atom. The van der Waals surface area contributed by atoms with Crippen molar-refractivity contribution in [3.05, 3.63) is 58.8 Å². The van der Waals surface area contributed by atoms with Crippen LogP contribution in [-0.4, -0.2) is 17.4 Å². The van der Waals surface area contributed by atoms with E-state index in [2.05, 4.69) is 0 Å². The van der Waals surface area contributed by atoms with E-state index >= 15 is 0 Å². The molecule has 3 rings (SSSR count). The van der Waals surface area contributed by atoms with Crippen LogP contribution in [0, 0.1) is 5.82 Å². The third-order valence-corrected chi connectivity index (χ3v) is 3.88. The normalized spacial score (nSPS) is 18.5. The fourth-order valence-corrected chi connectivity index (χ4v) is 2.88. The third kappa shape index (κ3) is 2.20. The molecule has 2 aromatic rings. The molecule has 0 N–H and O–H groups in total. The summed E-state index contributed by atoms with van der Waals surface area (Å²) in [6.07, 6.45) is 3.25. The second-order valence-electron chi connectivity index (χ2n) is 4.77. The van der Waals surface area contributed by atoms with Gasteiger partial charge in [0, 0.05) is 6.54 Å². The van der Waals surface area contributed by atoms with E-state index in [0.717, 1.165) is 18.6 Å². The molecule has 0 unspecified atom stereocenters. The first-order chi connectivity index (χ1) is 9.68. The van der Waals surface area contributed by atoms with Crippen molar-refractivity contribution >= 4 is 17.5 Å². The fraction of sp³-hybridized carbons (Fsp3) is 0.267. The Balaban J connectivity index is 1.94. The van der Waals surface area contributed by atoms with Crippen molar-refractivity contribution in [2.75, 3.05) is 6.54 Å². The number of benzene rings is 1. The van der Waals surface area contributed by atoms with E-state index in [1.165, 1.54) is 18.2 Å². The molecule has 20 heavy (non-hydrogen) atoms. The van der Waals surface area contributed by atoms with Crippen molar-refractivity contribution in [3.63, 3.8) is 0 Å². The van der Waals surface area contributed by atoms with Crippen LogP contribution in [0.15, 0.2) is 41.0 Å². The first-order valence-electron chi connectivity index (χ1n) is 6.47. The van der Waals surface area contributed by atoms with Gasteiger partial charge in [-0.3, -0.25) is 4.79 Å². The molecule has 2 heterocycles. The van der Waals surface area contributed by atoms with E-state index < -0.39 is 5.82 Å². The summed E-state index contributed by atoms with van der Waals surface area (Å²) in [4.78, 5) is 14.2. The Hall–Kier alpha value is -1.81. The molecule has 104 valence electrons. The summed E-state index contributed by atoms with van der Waals surface area (Å²) in [6.45, 7) is 0.578.